The molecule has 66 heavy (non-hydrogen) atoms. The van der Waals surface area contributed by atoms with Crippen LogP contribution in [0.4, 0.5) is 0 Å². The van der Waals surface area contributed by atoms with Crippen LogP contribution in [0.2, 0.25) is 0 Å². The van der Waals surface area contributed by atoms with Gasteiger partial charge >= 0.3 is 0 Å². The summed E-state index contributed by atoms with van der Waals surface area (Å²) in [5.41, 5.74) is 8.86. The second-order valence-corrected chi connectivity index (χ2v) is 17.4. The van der Waals surface area contributed by atoms with Gasteiger partial charge in [-0.3, -0.25) is 0 Å². The van der Waals surface area contributed by atoms with Crippen LogP contribution in [0.5, 0.6) is 23.0 Å². The van der Waals surface area contributed by atoms with Crippen molar-refractivity contribution in [2.45, 2.75) is 130 Å². The molecular weight excluding hydrogens is 809 g/mol. The fourth-order valence-corrected chi connectivity index (χ4v) is 7.44. The largest absolute Gasteiger partial charge is 0.494 e. The molecule has 0 atom stereocenters. The van der Waals surface area contributed by atoms with Crippen molar-refractivity contribution in [3.8, 4) is 23.0 Å². The topological polar surface area (TPSA) is 36.9 Å². The van der Waals surface area contributed by atoms with Crippen molar-refractivity contribution in [3.05, 3.63) is 154 Å². The molecule has 5 aromatic carbocycles. The van der Waals surface area contributed by atoms with Gasteiger partial charge < -0.3 is 18.9 Å². The lowest BCUT2D eigenvalue weighted by Crippen LogP contribution is -2.02. The van der Waals surface area contributed by atoms with Gasteiger partial charge in [0.05, 0.1) is 26.4 Å². The van der Waals surface area contributed by atoms with Gasteiger partial charge in [0.1, 0.15) is 23.0 Å². The predicted octanol–water partition coefficient (Wildman–Crippen LogP) is 18.2. The minimum atomic E-state index is 0.665. The van der Waals surface area contributed by atoms with E-state index < -0.39 is 0 Å². The molecule has 0 unspecified atom stereocenters. The Morgan fingerprint density at radius 2 is 0.530 bits per heavy atom. The first-order valence-electron chi connectivity index (χ1n) is 25.4. The van der Waals surface area contributed by atoms with Crippen LogP contribution in [-0.4, -0.2) is 26.4 Å². The Hall–Kier alpha value is -5.74. The molecule has 0 saturated carbocycles. The summed E-state index contributed by atoms with van der Waals surface area (Å²) in [6, 6.07) is 38.3. The minimum Gasteiger partial charge on any atom is -0.494 e. The molecule has 0 spiro atoms. The van der Waals surface area contributed by atoms with Gasteiger partial charge in [0, 0.05) is 11.1 Å². The van der Waals surface area contributed by atoms with Crippen LogP contribution >= 0.6 is 0 Å². The molecule has 0 aromatic heterocycles. The molecule has 4 nitrogen and oxygen atoms in total. The number of ether oxygens (including phenoxy) is 4. The van der Waals surface area contributed by atoms with Crippen molar-refractivity contribution in [2.24, 2.45) is 0 Å². The molecule has 350 valence electrons. The van der Waals surface area contributed by atoms with Crippen LogP contribution in [0.3, 0.4) is 0 Å². The first kappa shape index (κ1) is 51.2. The molecule has 0 aliphatic carbocycles. The van der Waals surface area contributed by atoms with Crippen molar-refractivity contribution >= 4 is 48.6 Å². The second-order valence-electron chi connectivity index (χ2n) is 17.4. The van der Waals surface area contributed by atoms with E-state index in [1.807, 2.05) is 0 Å². The predicted molar refractivity (Wildman–Crippen MR) is 286 cm³/mol. The Morgan fingerprint density at radius 1 is 0.273 bits per heavy atom. The molecule has 0 radical (unpaired) electrons. The number of hydrogen-bond donors (Lipinski definition) is 0. The lowest BCUT2D eigenvalue weighted by atomic mass is 10.0. The minimum absolute atomic E-state index is 0.665. The fourth-order valence-electron chi connectivity index (χ4n) is 7.44. The van der Waals surface area contributed by atoms with E-state index >= 15 is 0 Å². The van der Waals surface area contributed by atoms with Crippen molar-refractivity contribution in [3.63, 3.8) is 0 Å². The van der Waals surface area contributed by atoms with Gasteiger partial charge in [-0.25, -0.2) is 0 Å². The molecule has 0 bridgehead atoms. The van der Waals surface area contributed by atoms with Crippen molar-refractivity contribution in [1.29, 1.82) is 0 Å². The maximum Gasteiger partial charge on any atom is 0.127 e. The summed E-state index contributed by atoms with van der Waals surface area (Å²) in [6.45, 7) is 11.8. The van der Waals surface area contributed by atoms with Gasteiger partial charge in [0.15, 0.2) is 0 Å². The molecular formula is C62H78O4. The summed E-state index contributed by atoms with van der Waals surface area (Å²) < 4.78 is 24.8. The molecule has 0 aliphatic heterocycles. The lowest BCUT2D eigenvalue weighted by Gasteiger charge is -2.15. The average molecular weight is 887 g/mol. The molecule has 0 aliphatic rings. The van der Waals surface area contributed by atoms with E-state index in [1.165, 1.54) is 64.2 Å². The number of unbranched alkanes of at least 4 members (excludes halogenated alkanes) is 12. The van der Waals surface area contributed by atoms with E-state index in [9.17, 15) is 0 Å². The summed E-state index contributed by atoms with van der Waals surface area (Å²) in [4.78, 5) is 0. The summed E-state index contributed by atoms with van der Waals surface area (Å²) >= 11 is 0. The zero-order valence-corrected chi connectivity index (χ0v) is 40.8. The summed E-state index contributed by atoms with van der Waals surface area (Å²) in [7, 11) is 0. The lowest BCUT2D eigenvalue weighted by molar-refractivity contribution is 0.300. The maximum absolute atomic E-state index is 6.43. The molecule has 0 fully saturated rings. The highest BCUT2D eigenvalue weighted by Crippen LogP contribution is 2.33. The van der Waals surface area contributed by atoms with Crippen LogP contribution in [0, 0.1) is 0 Å². The Labute approximate surface area is 399 Å². The van der Waals surface area contributed by atoms with E-state index in [2.05, 4.69) is 185 Å². The standard InChI is InChI=1S/C62H78O4/c1-5-9-13-15-17-19-47-63-59-41-35-55(36-42-59)31-25-51-21-27-53(28-22-51)33-39-57-49-62(66-46-12-8-4)58(50-61(57)65-45-11-7-3)40-34-54-29-23-52(24-30-54)26-32-56-37-43-60(44-38-56)64-48-20-18-16-14-10-6-2/h21-44,49-50H,5-20,45-48H2,1-4H3/b31-25+,32-26+,39-33+,40-34+. The Kier molecular flexibility index (Phi) is 24.2. The van der Waals surface area contributed by atoms with Crippen LogP contribution in [0.1, 0.15) is 175 Å². The van der Waals surface area contributed by atoms with Crippen molar-refractivity contribution in [1.82, 2.24) is 0 Å². The Morgan fingerprint density at radius 3 is 0.848 bits per heavy atom. The molecule has 0 saturated heterocycles. The van der Waals surface area contributed by atoms with Crippen molar-refractivity contribution < 1.29 is 18.9 Å². The average Bonchev–Trinajstić information content (AvgIpc) is 3.35. The monoisotopic (exact) mass is 887 g/mol. The Balaban J connectivity index is 1.19. The normalized spacial score (nSPS) is 11.7. The number of benzene rings is 5. The van der Waals surface area contributed by atoms with E-state index in [1.54, 1.807) is 0 Å². The Bertz CT molecular complexity index is 2020. The molecule has 0 heterocycles. The highest BCUT2D eigenvalue weighted by Gasteiger charge is 2.11. The van der Waals surface area contributed by atoms with E-state index in [0.29, 0.717) is 13.2 Å². The third-order valence-electron chi connectivity index (χ3n) is 11.7. The highest BCUT2D eigenvalue weighted by molar-refractivity contribution is 5.80. The van der Waals surface area contributed by atoms with Gasteiger partial charge in [0.25, 0.3) is 0 Å². The summed E-state index contributed by atoms with van der Waals surface area (Å²) in [5.74, 6) is 3.60. The molecule has 0 N–H and O–H groups in total. The van der Waals surface area contributed by atoms with Gasteiger partial charge in [0.2, 0.25) is 0 Å². The van der Waals surface area contributed by atoms with Gasteiger partial charge in [-0.15, -0.1) is 0 Å². The maximum atomic E-state index is 6.43. The molecule has 4 heteroatoms. The van der Waals surface area contributed by atoms with Crippen LogP contribution in [0.25, 0.3) is 48.6 Å². The zero-order valence-electron chi connectivity index (χ0n) is 40.8. The molecule has 5 rings (SSSR count). The highest BCUT2D eigenvalue weighted by atomic mass is 16.5. The van der Waals surface area contributed by atoms with Crippen LogP contribution in [0.15, 0.2) is 109 Å². The zero-order chi connectivity index (χ0) is 46.3. The first-order chi connectivity index (χ1) is 32.6. The number of rotatable bonds is 32. The second kappa shape index (κ2) is 31.2. The van der Waals surface area contributed by atoms with Crippen LogP contribution < -0.4 is 18.9 Å². The summed E-state index contributed by atoms with van der Waals surface area (Å²) in [5, 5.41) is 0. The molecule has 5 aromatic rings. The van der Waals surface area contributed by atoms with E-state index in [-0.39, 0.29) is 0 Å². The van der Waals surface area contributed by atoms with Gasteiger partial charge in [-0.1, -0.05) is 226 Å². The van der Waals surface area contributed by atoms with E-state index in [4.69, 9.17) is 18.9 Å². The third-order valence-corrected chi connectivity index (χ3v) is 11.7. The quantitative estimate of drug-likeness (QED) is 0.0318. The number of hydrogen-bond acceptors (Lipinski definition) is 4. The fraction of sp³-hybridized carbons (Fsp3) is 0.387. The molecule has 0 amide bonds. The van der Waals surface area contributed by atoms with Gasteiger partial charge in [-0.05, 0) is 95.5 Å². The van der Waals surface area contributed by atoms with Gasteiger partial charge in [-0.2, -0.15) is 0 Å². The smallest absolute Gasteiger partial charge is 0.127 e. The van der Waals surface area contributed by atoms with E-state index in [0.717, 1.165) is 119 Å². The first-order valence-corrected chi connectivity index (χ1v) is 25.4. The SMILES string of the molecule is CCCCCCCCOc1ccc(/C=C/c2ccc(/C=C/c3cc(OCCCC)c(/C=C/c4ccc(/C=C/c5ccc(OCCCCCCCC)cc5)cc4)cc3OCCCC)cc2)cc1. The van der Waals surface area contributed by atoms with Crippen molar-refractivity contribution in [2.75, 3.05) is 26.4 Å². The summed E-state index contributed by atoms with van der Waals surface area (Å²) in [6.07, 6.45) is 36.6. The third kappa shape index (κ3) is 19.8. The van der Waals surface area contributed by atoms with Crippen LogP contribution in [-0.2, 0) is 0 Å².